The summed E-state index contributed by atoms with van der Waals surface area (Å²) in [6, 6.07) is 12.3. The first kappa shape index (κ1) is 23.4. The number of esters is 1. The fraction of sp³-hybridized carbons (Fsp3) is 0.320. The van der Waals surface area contributed by atoms with E-state index in [1.807, 2.05) is 35.0 Å². The maximum absolute atomic E-state index is 12.9. The first-order valence-corrected chi connectivity index (χ1v) is 11.4. The van der Waals surface area contributed by atoms with E-state index in [0.717, 1.165) is 24.1 Å². The number of benzene rings is 1. The van der Waals surface area contributed by atoms with Crippen LogP contribution in [-0.4, -0.2) is 50.8 Å². The van der Waals surface area contributed by atoms with Gasteiger partial charge in [-0.25, -0.2) is 4.98 Å². The maximum Gasteiger partial charge on any atom is 0.325 e. The Balaban J connectivity index is 1.56. The molecule has 1 saturated carbocycles. The molecule has 0 radical (unpaired) electrons. The van der Waals surface area contributed by atoms with Gasteiger partial charge in [-0.3, -0.25) is 9.59 Å². The third kappa shape index (κ3) is 4.24. The van der Waals surface area contributed by atoms with Gasteiger partial charge in [0.05, 0.1) is 27.6 Å². The van der Waals surface area contributed by atoms with Crippen molar-refractivity contribution in [2.45, 2.75) is 37.2 Å². The molecule has 0 saturated heterocycles. The van der Waals surface area contributed by atoms with Crippen molar-refractivity contribution in [3.05, 3.63) is 71.7 Å². The molecule has 0 aliphatic heterocycles. The van der Waals surface area contributed by atoms with Crippen LogP contribution in [-0.2, 0) is 14.9 Å². The van der Waals surface area contributed by atoms with Crippen molar-refractivity contribution in [1.82, 2.24) is 14.3 Å². The number of imidazole rings is 1. The highest BCUT2D eigenvalue weighted by Crippen LogP contribution is 2.42. The molecule has 2 atom stereocenters. The second-order valence-corrected chi connectivity index (χ2v) is 8.93. The topological polar surface area (TPSA) is 114 Å². The Kier molecular flexibility index (Phi) is 6.61. The number of fused-ring (bicyclic) bond motifs is 1. The number of thiocarbonyl (C=S) groups is 1. The molecule has 2 aromatic heterocycles. The lowest BCUT2D eigenvalue weighted by Crippen LogP contribution is -2.53. The highest BCUT2D eigenvalue weighted by atomic mass is 32.1. The van der Waals surface area contributed by atoms with Crippen LogP contribution in [0.2, 0.25) is 0 Å². The van der Waals surface area contributed by atoms with E-state index < -0.39 is 23.4 Å². The highest BCUT2D eigenvalue weighted by molar-refractivity contribution is 7.80. The molecular weight excluding hydrogens is 450 g/mol. The number of hydrogen-bond donors (Lipinski definition) is 1. The molecule has 2 N–H and O–H groups in total. The van der Waals surface area contributed by atoms with Gasteiger partial charge in [-0.15, -0.1) is 0 Å². The second-order valence-electron chi connectivity index (χ2n) is 8.49. The highest BCUT2D eigenvalue weighted by Gasteiger charge is 2.47. The van der Waals surface area contributed by atoms with E-state index in [1.54, 1.807) is 30.5 Å². The number of pyridine rings is 1. The summed E-state index contributed by atoms with van der Waals surface area (Å²) < 4.78 is 7.83. The lowest BCUT2D eigenvalue weighted by Gasteiger charge is -2.43. The molecule has 4 rings (SSSR count). The monoisotopic (exact) mass is 475 g/mol. The van der Waals surface area contributed by atoms with Gasteiger partial charge in [-0.2, -0.15) is 5.26 Å². The number of carbonyl (C=O) groups is 2. The molecule has 1 aliphatic carbocycles. The van der Waals surface area contributed by atoms with Crippen LogP contribution in [0.5, 0.6) is 0 Å². The number of nitrogens with zero attached hydrogens (tertiary/aromatic N) is 4. The average molecular weight is 476 g/mol. The van der Waals surface area contributed by atoms with Crippen LogP contribution in [0.1, 0.15) is 47.2 Å². The molecule has 1 aliphatic rings. The second kappa shape index (κ2) is 9.61. The van der Waals surface area contributed by atoms with Gasteiger partial charge in [0.25, 0.3) is 5.91 Å². The number of carbonyl (C=O) groups excluding carboxylic acids is 2. The molecule has 8 nitrogen and oxygen atoms in total. The quantitative estimate of drug-likeness (QED) is 0.431. The lowest BCUT2D eigenvalue weighted by atomic mass is 9.67. The van der Waals surface area contributed by atoms with Crippen molar-refractivity contribution in [3.63, 3.8) is 0 Å². The summed E-state index contributed by atoms with van der Waals surface area (Å²) in [6.07, 6.45) is 7.98. The van der Waals surface area contributed by atoms with Gasteiger partial charge >= 0.3 is 5.97 Å². The minimum absolute atomic E-state index is 0.240. The number of hydrogen-bond acceptors (Lipinski definition) is 6. The number of aromatic nitrogens is 2. The van der Waals surface area contributed by atoms with E-state index in [1.165, 1.54) is 11.9 Å². The van der Waals surface area contributed by atoms with E-state index in [9.17, 15) is 14.9 Å². The molecule has 34 heavy (non-hydrogen) atoms. The van der Waals surface area contributed by atoms with Gasteiger partial charge in [0, 0.05) is 25.6 Å². The first-order chi connectivity index (χ1) is 16.4. The minimum atomic E-state index is -0.808. The summed E-state index contributed by atoms with van der Waals surface area (Å²) in [5.41, 5.74) is 7.65. The number of nitrogens with two attached hydrogens (primary N) is 1. The van der Waals surface area contributed by atoms with Gasteiger partial charge in [0.1, 0.15) is 18.3 Å². The molecule has 1 aromatic carbocycles. The van der Waals surface area contributed by atoms with Crippen molar-refractivity contribution in [2.24, 2.45) is 5.73 Å². The smallest absolute Gasteiger partial charge is 0.325 e. The van der Waals surface area contributed by atoms with E-state index >= 15 is 0 Å². The Bertz CT molecular complexity index is 1300. The summed E-state index contributed by atoms with van der Waals surface area (Å²) in [4.78, 5) is 31.6. The largest absolute Gasteiger partial charge is 0.460 e. The summed E-state index contributed by atoms with van der Waals surface area (Å²) in [7, 11) is 1.51. The molecule has 9 heteroatoms. The van der Waals surface area contributed by atoms with Crippen molar-refractivity contribution < 1.29 is 14.3 Å². The molecule has 2 heterocycles. The van der Waals surface area contributed by atoms with Gasteiger partial charge in [-0.1, -0.05) is 36.8 Å². The van der Waals surface area contributed by atoms with E-state index in [2.05, 4.69) is 4.98 Å². The van der Waals surface area contributed by atoms with Crippen molar-refractivity contribution in [1.29, 1.82) is 5.26 Å². The molecular formula is C25H25N5O3S. The fourth-order valence-corrected chi connectivity index (χ4v) is 5.02. The van der Waals surface area contributed by atoms with Crippen LogP contribution < -0.4 is 5.73 Å². The molecule has 0 bridgehead atoms. The fourth-order valence-electron chi connectivity index (χ4n) is 4.67. The molecule has 0 spiro atoms. The molecule has 174 valence electrons. The van der Waals surface area contributed by atoms with Gasteiger partial charge in [-0.05, 0) is 43.0 Å². The standard InChI is InChI=1S/C25H25N5O3S/c1-29(23(32)19-7-3-2-6-17(19)14-26)16-22(31)33-20-8-4-5-11-25(20,24(27)34)18-9-10-21-28-12-13-30(21)15-18/h2-3,6-7,9-10,12-13,15,20H,4-5,8,11,16H2,1H3,(H2,27,34). The molecule has 3 aromatic rings. The Labute approximate surface area is 202 Å². The van der Waals surface area contributed by atoms with Crippen molar-refractivity contribution in [3.8, 4) is 6.07 Å². The van der Waals surface area contributed by atoms with Crippen LogP contribution in [0.4, 0.5) is 0 Å². The Hall–Kier alpha value is -3.77. The van der Waals surface area contributed by atoms with Crippen LogP contribution in [0.3, 0.4) is 0 Å². The molecule has 1 fully saturated rings. The Morgan fingerprint density at radius 2 is 2.12 bits per heavy atom. The van der Waals surface area contributed by atoms with Crippen LogP contribution in [0.15, 0.2) is 55.0 Å². The third-order valence-electron chi connectivity index (χ3n) is 6.45. The van der Waals surface area contributed by atoms with Crippen molar-refractivity contribution >= 4 is 34.7 Å². The van der Waals surface area contributed by atoms with Crippen LogP contribution in [0.25, 0.3) is 5.65 Å². The zero-order valence-corrected chi connectivity index (χ0v) is 19.6. The zero-order valence-electron chi connectivity index (χ0n) is 18.8. The van der Waals surface area contributed by atoms with E-state index in [-0.39, 0.29) is 22.7 Å². The van der Waals surface area contributed by atoms with Gasteiger partial charge in [0.2, 0.25) is 0 Å². The number of nitriles is 1. The van der Waals surface area contributed by atoms with E-state index in [4.69, 9.17) is 22.7 Å². The maximum atomic E-state index is 12.9. The summed E-state index contributed by atoms with van der Waals surface area (Å²) in [5.74, 6) is -0.981. The molecule has 2 unspecified atom stereocenters. The lowest BCUT2D eigenvalue weighted by molar-refractivity contribution is -0.153. The minimum Gasteiger partial charge on any atom is -0.460 e. The normalized spacial score (nSPS) is 19.8. The Morgan fingerprint density at radius 3 is 2.88 bits per heavy atom. The Morgan fingerprint density at radius 1 is 1.32 bits per heavy atom. The summed E-state index contributed by atoms with van der Waals surface area (Å²) >= 11 is 5.53. The summed E-state index contributed by atoms with van der Waals surface area (Å²) in [5, 5.41) is 9.28. The molecule has 1 amide bonds. The first-order valence-electron chi connectivity index (χ1n) is 11.0. The number of likely N-dealkylation sites (N-methyl/N-ethyl adjacent to an activating group) is 1. The predicted octanol–water partition coefficient (Wildman–Crippen LogP) is 2.99. The van der Waals surface area contributed by atoms with Crippen molar-refractivity contribution in [2.75, 3.05) is 13.6 Å². The van der Waals surface area contributed by atoms with Crippen LogP contribution in [0, 0.1) is 11.3 Å². The predicted molar refractivity (Wildman–Crippen MR) is 130 cm³/mol. The summed E-state index contributed by atoms with van der Waals surface area (Å²) in [6.45, 7) is -0.261. The number of rotatable bonds is 6. The number of amides is 1. The zero-order chi connectivity index (χ0) is 24.3. The van der Waals surface area contributed by atoms with Gasteiger partial charge in [0.15, 0.2) is 0 Å². The SMILES string of the molecule is CN(CC(=O)OC1CCCCC1(C(N)=S)c1ccc2nccn2c1)C(=O)c1ccccc1C#N. The van der Waals surface area contributed by atoms with Gasteiger partial charge < -0.3 is 19.8 Å². The number of ether oxygens (including phenoxy) is 1. The third-order valence-corrected chi connectivity index (χ3v) is 6.81. The van der Waals surface area contributed by atoms with E-state index in [0.29, 0.717) is 12.8 Å². The van der Waals surface area contributed by atoms with Crippen LogP contribution >= 0.6 is 12.2 Å². The average Bonchev–Trinajstić information content (AvgIpc) is 3.31.